The van der Waals surface area contributed by atoms with Crippen molar-refractivity contribution in [2.24, 2.45) is 0 Å². The molecule has 2 heterocycles. The van der Waals surface area contributed by atoms with Gasteiger partial charge < -0.3 is 9.73 Å². The Kier molecular flexibility index (Phi) is 6.04. The van der Waals surface area contributed by atoms with Gasteiger partial charge in [0.25, 0.3) is 5.91 Å². The first-order chi connectivity index (χ1) is 14.5. The molecule has 0 aliphatic heterocycles. The number of carbonyl (C=O) groups excluding carboxylic acids is 2. The largest absolute Gasteiger partial charge is 0.459 e. The zero-order chi connectivity index (χ0) is 21.1. The SMILES string of the molecule is Cc1ccc(N(C(=O)c2ccco2)C(C(=O)NC2CCCC2)c2cccs2)cc1C. The van der Waals surface area contributed by atoms with Crippen LogP contribution in [-0.2, 0) is 4.79 Å². The smallest absolute Gasteiger partial charge is 0.295 e. The van der Waals surface area contributed by atoms with Gasteiger partial charge in [0, 0.05) is 16.6 Å². The number of aryl methyl sites for hydroxylation is 2. The lowest BCUT2D eigenvalue weighted by Crippen LogP contribution is -2.46. The molecule has 1 fully saturated rings. The summed E-state index contributed by atoms with van der Waals surface area (Å²) >= 11 is 1.48. The van der Waals surface area contributed by atoms with Crippen molar-refractivity contribution >= 4 is 28.8 Å². The lowest BCUT2D eigenvalue weighted by Gasteiger charge is -2.31. The summed E-state index contributed by atoms with van der Waals surface area (Å²) in [5, 5.41) is 5.12. The topological polar surface area (TPSA) is 62.6 Å². The molecule has 2 aromatic heterocycles. The van der Waals surface area contributed by atoms with Crippen molar-refractivity contribution in [3.05, 3.63) is 75.9 Å². The van der Waals surface area contributed by atoms with Gasteiger partial charge in [-0.05, 0) is 73.5 Å². The molecular formula is C24H26N2O3S. The molecule has 2 amide bonds. The quantitative estimate of drug-likeness (QED) is 0.578. The van der Waals surface area contributed by atoms with Crippen molar-refractivity contribution in [3.8, 4) is 0 Å². The Morgan fingerprint density at radius 3 is 2.53 bits per heavy atom. The number of rotatable bonds is 6. The van der Waals surface area contributed by atoms with Crippen molar-refractivity contribution < 1.29 is 14.0 Å². The second kappa shape index (κ2) is 8.88. The first kappa shape index (κ1) is 20.4. The maximum absolute atomic E-state index is 13.5. The van der Waals surface area contributed by atoms with Gasteiger partial charge in [-0.3, -0.25) is 14.5 Å². The number of nitrogens with one attached hydrogen (secondary N) is 1. The summed E-state index contributed by atoms with van der Waals surface area (Å²) in [6.07, 6.45) is 5.70. The van der Waals surface area contributed by atoms with Crippen LogP contribution in [0.5, 0.6) is 0 Å². The highest BCUT2D eigenvalue weighted by atomic mass is 32.1. The Balaban J connectivity index is 1.78. The minimum absolute atomic E-state index is 0.150. The van der Waals surface area contributed by atoms with E-state index in [0.717, 1.165) is 41.7 Å². The Hall–Kier alpha value is -2.86. The van der Waals surface area contributed by atoms with Gasteiger partial charge in [-0.2, -0.15) is 0 Å². The van der Waals surface area contributed by atoms with Gasteiger partial charge in [-0.15, -0.1) is 11.3 Å². The second-order valence-electron chi connectivity index (χ2n) is 7.83. The third-order valence-corrected chi connectivity index (χ3v) is 6.66. The highest BCUT2D eigenvalue weighted by Gasteiger charge is 2.36. The minimum atomic E-state index is -0.759. The summed E-state index contributed by atoms with van der Waals surface area (Å²) < 4.78 is 5.41. The number of thiophene rings is 1. The lowest BCUT2D eigenvalue weighted by molar-refractivity contribution is -0.123. The van der Waals surface area contributed by atoms with E-state index in [4.69, 9.17) is 4.42 Å². The monoisotopic (exact) mass is 422 g/mol. The fourth-order valence-corrected chi connectivity index (χ4v) is 4.76. The molecule has 1 aliphatic rings. The van der Waals surface area contributed by atoms with Crippen LogP contribution < -0.4 is 10.2 Å². The molecule has 4 rings (SSSR count). The molecule has 0 radical (unpaired) electrons. The van der Waals surface area contributed by atoms with Gasteiger partial charge in [0.2, 0.25) is 5.91 Å². The van der Waals surface area contributed by atoms with Crippen LogP contribution in [-0.4, -0.2) is 17.9 Å². The highest BCUT2D eigenvalue weighted by molar-refractivity contribution is 7.10. The van der Waals surface area contributed by atoms with Crippen molar-refractivity contribution in [1.82, 2.24) is 5.32 Å². The minimum Gasteiger partial charge on any atom is -0.459 e. The lowest BCUT2D eigenvalue weighted by atomic mass is 10.1. The Morgan fingerprint density at radius 2 is 1.90 bits per heavy atom. The Bertz CT molecular complexity index is 1010. The first-order valence-corrected chi connectivity index (χ1v) is 11.2. The number of hydrogen-bond acceptors (Lipinski definition) is 4. The third kappa shape index (κ3) is 4.19. The number of anilines is 1. The second-order valence-corrected chi connectivity index (χ2v) is 8.81. The average Bonchev–Trinajstić information content (AvgIpc) is 3.50. The molecule has 30 heavy (non-hydrogen) atoms. The summed E-state index contributed by atoms with van der Waals surface area (Å²) in [6.45, 7) is 4.04. The van der Waals surface area contributed by atoms with E-state index in [1.54, 1.807) is 17.0 Å². The summed E-state index contributed by atoms with van der Waals surface area (Å²) in [5.74, 6) is -0.269. The van der Waals surface area contributed by atoms with Crippen LogP contribution in [0, 0.1) is 13.8 Å². The van der Waals surface area contributed by atoms with Crippen LogP contribution >= 0.6 is 11.3 Å². The molecule has 3 aromatic rings. The van der Waals surface area contributed by atoms with E-state index in [9.17, 15) is 9.59 Å². The third-order valence-electron chi connectivity index (χ3n) is 5.74. The van der Waals surface area contributed by atoms with Crippen LogP contribution in [0.25, 0.3) is 0 Å². The summed E-state index contributed by atoms with van der Waals surface area (Å²) in [7, 11) is 0. The van der Waals surface area contributed by atoms with Gasteiger partial charge in [-0.25, -0.2) is 0 Å². The van der Waals surface area contributed by atoms with E-state index >= 15 is 0 Å². The van der Waals surface area contributed by atoms with E-state index in [1.807, 2.05) is 49.6 Å². The van der Waals surface area contributed by atoms with Gasteiger partial charge >= 0.3 is 0 Å². The first-order valence-electron chi connectivity index (χ1n) is 10.3. The molecule has 1 atom stereocenters. The standard InChI is InChI=1S/C24H26N2O3S/c1-16-11-12-19(15-17(16)2)26(24(28)20-9-5-13-29-20)22(21-10-6-14-30-21)23(27)25-18-7-3-4-8-18/h5-6,9-15,18,22H,3-4,7-8H2,1-2H3,(H,25,27). The van der Waals surface area contributed by atoms with E-state index in [0.29, 0.717) is 5.69 Å². The number of amides is 2. The maximum atomic E-state index is 13.5. The van der Waals surface area contributed by atoms with Gasteiger partial charge in [0.15, 0.2) is 11.8 Å². The highest BCUT2D eigenvalue weighted by Crippen LogP contribution is 2.33. The fraction of sp³-hybridized carbons (Fsp3) is 0.333. The molecule has 1 saturated carbocycles. The van der Waals surface area contributed by atoms with Crippen LogP contribution in [0.15, 0.2) is 58.5 Å². The van der Waals surface area contributed by atoms with Crippen molar-refractivity contribution in [3.63, 3.8) is 0 Å². The average molecular weight is 423 g/mol. The molecular weight excluding hydrogens is 396 g/mol. The van der Waals surface area contributed by atoms with E-state index < -0.39 is 6.04 Å². The van der Waals surface area contributed by atoms with Crippen molar-refractivity contribution in [2.45, 2.75) is 51.6 Å². The molecule has 5 nitrogen and oxygen atoms in total. The zero-order valence-electron chi connectivity index (χ0n) is 17.3. The van der Waals surface area contributed by atoms with E-state index in [1.165, 1.54) is 17.6 Å². The normalized spacial score (nSPS) is 15.1. The van der Waals surface area contributed by atoms with Gasteiger partial charge in [0.1, 0.15) is 0 Å². The molecule has 1 aromatic carbocycles. The van der Waals surface area contributed by atoms with Crippen molar-refractivity contribution in [1.29, 1.82) is 0 Å². The van der Waals surface area contributed by atoms with Crippen LogP contribution in [0.1, 0.15) is 58.3 Å². The van der Waals surface area contributed by atoms with Gasteiger partial charge in [-0.1, -0.05) is 25.0 Å². The molecule has 0 spiro atoms. The number of benzene rings is 1. The molecule has 1 unspecified atom stereocenters. The number of nitrogens with zero attached hydrogens (tertiary/aromatic N) is 1. The molecule has 1 aliphatic carbocycles. The summed E-state index contributed by atoms with van der Waals surface area (Å²) in [4.78, 5) is 29.4. The summed E-state index contributed by atoms with van der Waals surface area (Å²) in [5.41, 5.74) is 2.87. The molecule has 1 N–H and O–H groups in total. The number of furan rings is 1. The number of hydrogen-bond donors (Lipinski definition) is 1. The maximum Gasteiger partial charge on any atom is 0.295 e. The Labute approximate surface area is 180 Å². The van der Waals surface area contributed by atoms with Crippen LogP contribution in [0.4, 0.5) is 5.69 Å². The predicted molar refractivity (Wildman–Crippen MR) is 119 cm³/mol. The molecule has 0 bridgehead atoms. The zero-order valence-corrected chi connectivity index (χ0v) is 18.1. The molecule has 6 heteroatoms. The fourth-order valence-electron chi connectivity index (χ4n) is 3.95. The molecule has 156 valence electrons. The predicted octanol–water partition coefficient (Wildman–Crippen LogP) is 5.40. The van der Waals surface area contributed by atoms with Crippen molar-refractivity contribution in [2.75, 3.05) is 4.90 Å². The van der Waals surface area contributed by atoms with Gasteiger partial charge in [0.05, 0.1) is 6.26 Å². The van der Waals surface area contributed by atoms with E-state index in [2.05, 4.69) is 5.32 Å². The molecule has 0 saturated heterocycles. The van der Waals surface area contributed by atoms with Crippen LogP contribution in [0.3, 0.4) is 0 Å². The summed E-state index contributed by atoms with van der Waals surface area (Å²) in [6, 6.07) is 12.4. The Morgan fingerprint density at radius 1 is 1.10 bits per heavy atom. The number of carbonyl (C=O) groups is 2. The van der Waals surface area contributed by atoms with Crippen LogP contribution in [0.2, 0.25) is 0 Å². The van der Waals surface area contributed by atoms with E-state index in [-0.39, 0.29) is 23.6 Å².